The van der Waals surface area contributed by atoms with Gasteiger partial charge >= 0.3 is 0 Å². The van der Waals surface area contributed by atoms with Gasteiger partial charge in [-0.3, -0.25) is 0 Å². The monoisotopic (exact) mass is 373 g/mol. The van der Waals surface area contributed by atoms with E-state index in [4.69, 9.17) is 4.98 Å². The first-order chi connectivity index (χ1) is 13.5. The van der Waals surface area contributed by atoms with Gasteiger partial charge in [0, 0.05) is 22.8 Å². The topological polar surface area (TPSA) is 12.9 Å². The maximum absolute atomic E-state index is 14.1. The number of alkyl halides is 1. The first-order valence-electron chi connectivity index (χ1n) is 9.33. The van der Waals surface area contributed by atoms with Gasteiger partial charge in [-0.2, -0.15) is 0 Å². The molecule has 0 aliphatic heterocycles. The largest absolute Gasteiger partial charge is 0.248 e. The molecule has 1 atom stereocenters. The van der Waals surface area contributed by atoms with Gasteiger partial charge in [0.25, 0.3) is 0 Å². The third-order valence-electron chi connectivity index (χ3n) is 5.16. The van der Waals surface area contributed by atoms with Crippen molar-refractivity contribution in [2.75, 3.05) is 0 Å². The van der Waals surface area contributed by atoms with Crippen LogP contribution in [0.4, 0.5) is 8.78 Å². The number of benzene rings is 2. The van der Waals surface area contributed by atoms with Crippen molar-refractivity contribution in [1.29, 1.82) is 0 Å². The number of fused-ring (bicyclic) bond motifs is 1. The van der Waals surface area contributed by atoms with Crippen LogP contribution in [-0.4, -0.2) is 11.2 Å². The lowest BCUT2D eigenvalue weighted by atomic mass is 9.93. The van der Waals surface area contributed by atoms with Crippen molar-refractivity contribution in [2.45, 2.75) is 26.4 Å². The van der Waals surface area contributed by atoms with Crippen LogP contribution in [-0.2, 0) is 0 Å². The average molecular weight is 373 g/mol. The van der Waals surface area contributed by atoms with Crippen molar-refractivity contribution in [3.63, 3.8) is 0 Å². The van der Waals surface area contributed by atoms with Crippen molar-refractivity contribution in [3.05, 3.63) is 82.6 Å². The Morgan fingerprint density at radius 3 is 2.43 bits per heavy atom. The van der Waals surface area contributed by atoms with Crippen LogP contribution in [0.3, 0.4) is 0 Å². The first kappa shape index (κ1) is 18.3. The van der Waals surface area contributed by atoms with E-state index in [-0.39, 0.29) is 5.82 Å². The Hall–Kier alpha value is -3.07. The molecular weight excluding hydrogens is 352 g/mol. The van der Waals surface area contributed by atoms with Crippen molar-refractivity contribution in [2.24, 2.45) is 0 Å². The van der Waals surface area contributed by atoms with Gasteiger partial charge < -0.3 is 0 Å². The summed E-state index contributed by atoms with van der Waals surface area (Å²) in [6, 6.07) is 14.5. The Bertz CT molecular complexity index is 1190. The predicted molar refractivity (Wildman–Crippen MR) is 112 cm³/mol. The van der Waals surface area contributed by atoms with Crippen LogP contribution in [0.25, 0.3) is 40.1 Å². The van der Waals surface area contributed by atoms with Crippen molar-refractivity contribution in [3.8, 4) is 22.4 Å². The normalized spacial score (nSPS) is 15.4. The molecule has 0 spiro atoms. The summed E-state index contributed by atoms with van der Waals surface area (Å²) in [6.45, 7) is 8.02. The van der Waals surface area contributed by atoms with Crippen LogP contribution in [0, 0.1) is 12.7 Å². The maximum atomic E-state index is 14.1. The van der Waals surface area contributed by atoms with E-state index in [9.17, 15) is 8.78 Å². The Morgan fingerprint density at radius 1 is 1.07 bits per heavy atom. The van der Waals surface area contributed by atoms with Crippen molar-refractivity contribution >= 4 is 17.7 Å². The highest BCUT2D eigenvalue weighted by molar-refractivity contribution is 5.76. The molecule has 1 aromatic heterocycles. The second kappa shape index (κ2) is 7.16. The summed E-state index contributed by atoms with van der Waals surface area (Å²) >= 11 is 0. The highest BCUT2D eigenvalue weighted by Gasteiger charge is 2.16. The van der Waals surface area contributed by atoms with E-state index in [2.05, 4.69) is 6.58 Å². The molecule has 0 amide bonds. The van der Waals surface area contributed by atoms with Gasteiger partial charge in [0.2, 0.25) is 0 Å². The molecule has 3 heteroatoms. The van der Waals surface area contributed by atoms with E-state index < -0.39 is 6.17 Å². The lowest BCUT2D eigenvalue weighted by Gasteiger charge is -2.16. The summed E-state index contributed by atoms with van der Waals surface area (Å²) in [5.74, 6) is -0.242. The molecule has 1 unspecified atom stereocenters. The predicted octanol–water partition coefficient (Wildman–Crippen LogP) is 5.20. The summed E-state index contributed by atoms with van der Waals surface area (Å²) in [6.07, 6.45) is 2.84. The lowest BCUT2D eigenvalue weighted by Crippen LogP contribution is -2.36. The third-order valence-corrected chi connectivity index (χ3v) is 5.16. The SMILES string of the molecule is C=C(C)c1c(C)c(-c2ccc(-c3ccccc3F)cc2)nc2c1=CC(F)CC=2. The smallest absolute Gasteiger partial charge is 0.131 e. The molecule has 0 fully saturated rings. The van der Waals surface area contributed by atoms with Crippen LogP contribution in [0.5, 0.6) is 0 Å². The van der Waals surface area contributed by atoms with Crippen LogP contribution in [0.15, 0.2) is 55.1 Å². The van der Waals surface area contributed by atoms with E-state index in [1.165, 1.54) is 6.07 Å². The number of halogens is 2. The molecule has 0 N–H and O–H groups in total. The highest BCUT2D eigenvalue weighted by Crippen LogP contribution is 2.28. The molecule has 1 aliphatic rings. The lowest BCUT2D eigenvalue weighted by molar-refractivity contribution is 0.427. The van der Waals surface area contributed by atoms with Gasteiger partial charge in [0.05, 0.1) is 11.0 Å². The average Bonchev–Trinajstić information content (AvgIpc) is 2.68. The first-order valence-corrected chi connectivity index (χ1v) is 9.33. The van der Waals surface area contributed by atoms with Crippen LogP contribution in [0.1, 0.15) is 24.5 Å². The fourth-order valence-corrected chi connectivity index (χ4v) is 3.84. The molecule has 1 aliphatic carbocycles. The van der Waals surface area contributed by atoms with Gasteiger partial charge in [0.1, 0.15) is 12.0 Å². The zero-order valence-corrected chi connectivity index (χ0v) is 16.0. The molecule has 28 heavy (non-hydrogen) atoms. The van der Waals surface area contributed by atoms with E-state index in [1.54, 1.807) is 18.2 Å². The van der Waals surface area contributed by atoms with Gasteiger partial charge in [-0.25, -0.2) is 13.8 Å². The Kier molecular flexibility index (Phi) is 4.68. The number of pyridine rings is 1. The number of nitrogens with zero attached hydrogens (tertiary/aromatic N) is 1. The number of allylic oxidation sites excluding steroid dienone is 1. The second-order valence-corrected chi connectivity index (χ2v) is 7.22. The minimum absolute atomic E-state index is 0.242. The number of hydrogen-bond donors (Lipinski definition) is 0. The van der Waals surface area contributed by atoms with E-state index >= 15 is 0 Å². The summed E-state index contributed by atoms with van der Waals surface area (Å²) in [5, 5.41) is 1.63. The Labute approximate surface area is 163 Å². The summed E-state index contributed by atoms with van der Waals surface area (Å²) < 4.78 is 28.0. The minimum atomic E-state index is -0.988. The van der Waals surface area contributed by atoms with Crippen molar-refractivity contribution < 1.29 is 8.78 Å². The van der Waals surface area contributed by atoms with Gasteiger partial charge in [0.15, 0.2) is 0 Å². The Morgan fingerprint density at radius 2 is 1.75 bits per heavy atom. The molecule has 0 saturated carbocycles. The fraction of sp³-hybridized carbons (Fsp3) is 0.160. The zero-order chi connectivity index (χ0) is 19.8. The molecule has 140 valence electrons. The van der Waals surface area contributed by atoms with E-state index in [1.807, 2.05) is 50.3 Å². The third kappa shape index (κ3) is 3.18. The van der Waals surface area contributed by atoms with Crippen LogP contribution < -0.4 is 10.6 Å². The fourth-order valence-electron chi connectivity index (χ4n) is 3.84. The van der Waals surface area contributed by atoms with Crippen LogP contribution in [0.2, 0.25) is 0 Å². The van der Waals surface area contributed by atoms with Gasteiger partial charge in [-0.05, 0) is 42.7 Å². The number of aromatic nitrogens is 1. The molecule has 4 rings (SSSR count). The van der Waals surface area contributed by atoms with Crippen LogP contribution >= 0.6 is 0 Å². The van der Waals surface area contributed by atoms with E-state index in [0.717, 1.165) is 44.1 Å². The number of hydrogen-bond acceptors (Lipinski definition) is 1. The summed E-state index contributed by atoms with van der Waals surface area (Å²) in [5.41, 5.74) is 6.00. The zero-order valence-electron chi connectivity index (χ0n) is 16.0. The molecule has 0 radical (unpaired) electrons. The maximum Gasteiger partial charge on any atom is 0.131 e. The van der Waals surface area contributed by atoms with Gasteiger partial charge in [-0.15, -0.1) is 0 Å². The molecule has 0 saturated heterocycles. The van der Waals surface area contributed by atoms with E-state index in [0.29, 0.717) is 12.0 Å². The minimum Gasteiger partial charge on any atom is -0.248 e. The molecule has 1 nitrogen and oxygen atoms in total. The second-order valence-electron chi connectivity index (χ2n) is 7.22. The van der Waals surface area contributed by atoms with Gasteiger partial charge in [-0.1, -0.05) is 60.7 Å². The molecule has 0 bridgehead atoms. The standard InChI is InChI=1S/C25H21F2N/c1-15(2)24-16(3)25(28-23-13-12-19(26)14-21(23)24)18-10-8-17(9-11-18)20-6-4-5-7-22(20)27/h4-11,13-14,19H,1,12H2,2-3H3. The number of rotatable bonds is 3. The molecule has 1 heterocycles. The molecular formula is C25H21F2N. The Balaban J connectivity index is 1.87. The summed E-state index contributed by atoms with van der Waals surface area (Å²) in [4.78, 5) is 4.81. The summed E-state index contributed by atoms with van der Waals surface area (Å²) in [7, 11) is 0. The quantitative estimate of drug-likeness (QED) is 0.615. The molecule has 3 aromatic rings. The highest BCUT2D eigenvalue weighted by atomic mass is 19.1. The van der Waals surface area contributed by atoms with Crippen molar-refractivity contribution in [1.82, 2.24) is 4.98 Å². The molecule has 2 aromatic carbocycles.